The van der Waals surface area contributed by atoms with Gasteiger partial charge in [0.15, 0.2) is 11.1 Å². The Hall–Kier alpha value is -3.79. The third kappa shape index (κ3) is 3.73. The van der Waals surface area contributed by atoms with Crippen LogP contribution in [0.25, 0.3) is 11.7 Å². The van der Waals surface area contributed by atoms with Gasteiger partial charge in [0.2, 0.25) is 5.88 Å². The highest BCUT2D eigenvalue weighted by atomic mass is 35.5. The first-order valence-electron chi connectivity index (χ1n) is 9.57. The zero-order valence-corrected chi connectivity index (χ0v) is 17.1. The number of fused-ring (bicyclic) bond motifs is 1. The van der Waals surface area contributed by atoms with Crippen LogP contribution in [0.15, 0.2) is 40.2 Å². The first-order chi connectivity index (χ1) is 15.0. The largest absolute Gasteiger partial charge is 0.495 e. The van der Waals surface area contributed by atoms with Crippen LogP contribution >= 0.6 is 11.6 Å². The summed E-state index contributed by atoms with van der Waals surface area (Å²) in [6.07, 6.45) is 5.26. The van der Waals surface area contributed by atoms with Crippen LogP contribution in [0.2, 0.25) is 5.02 Å². The summed E-state index contributed by atoms with van der Waals surface area (Å²) in [4.78, 5) is 25.7. The third-order valence-corrected chi connectivity index (χ3v) is 5.21. The van der Waals surface area contributed by atoms with E-state index in [1.54, 1.807) is 36.0 Å². The van der Waals surface area contributed by atoms with E-state index in [2.05, 4.69) is 25.4 Å². The summed E-state index contributed by atoms with van der Waals surface area (Å²) >= 11 is 6.42. The molecule has 1 aromatic carbocycles. The van der Waals surface area contributed by atoms with E-state index in [1.165, 1.54) is 0 Å². The number of rotatable bonds is 5. The Balaban J connectivity index is 1.68. The quantitative estimate of drug-likeness (QED) is 0.372. The Morgan fingerprint density at radius 1 is 1.39 bits per heavy atom. The molecule has 1 fully saturated rings. The van der Waals surface area contributed by atoms with Crippen molar-refractivity contribution in [2.45, 2.75) is 18.9 Å². The maximum absolute atomic E-state index is 11.5. The summed E-state index contributed by atoms with van der Waals surface area (Å²) in [5.74, 6) is 0.801. The second-order valence-electron chi connectivity index (χ2n) is 7.13. The number of halogens is 1. The van der Waals surface area contributed by atoms with Crippen molar-refractivity contribution in [1.82, 2.24) is 24.6 Å². The minimum atomic E-state index is -0.507. The van der Waals surface area contributed by atoms with Gasteiger partial charge in [0.05, 0.1) is 25.0 Å². The van der Waals surface area contributed by atoms with Gasteiger partial charge < -0.3 is 20.1 Å². The molecule has 158 valence electrons. The molecule has 0 atom stereocenters. The summed E-state index contributed by atoms with van der Waals surface area (Å²) in [5.41, 5.74) is 1.50. The summed E-state index contributed by atoms with van der Waals surface area (Å²) in [6.45, 7) is 0. The van der Waals surface area contributed by atoms with Crippen LogP contribution < -0.4 is 26.4 Å². The fourth-order valence-electron chi connectivity index (χ4n) is 3.16. The normalized spacial score (nSPS) is 15.0. The number of hydrogen-bond acceptors (Lipinski definition) is 7. The number of ether oxygens (including phenoxy) is 1. The topological polar surface area (TPSA) is 133 Å². The fourth-order valence-corrected chi connectivity index (χ4v) is 3.41. The second-order valence-corrected chi connectivity index (χ2v) is 7.51. The van der Waals surface area contributed by atoms with Crippen molar-refractivity contribution in [3.8, 4) is 11.6 Å². The molecule has 3 aromatic heterocycles. The summed E-state index contributed by atoms with van der Waals surface area (Å²) < 4.78 is 6.91. The number of anilines is 2. The Kier molecular flexibility index (Phi) is 4.63. The lowest BCUT2D eigenvalue weighted by Crippen LogP contribution is -2.19. The van der Waals surface area contributed by atoms with Crippen molar-refractivity contribution < 1.29 is 9.84 Å². The number of nitrogens with zero attached hydrogens (tertiary/aromatic N) is 4. The van der Waals surface area contributed by atoms with Gasteiger partial charge in [0.25, 0.3) is 0 Å². The van der Waals surface area contributed by atoms with Gasteiger partial charge >= 0.3 is 5.69 Å². The number of H-pyrrole nitrogens is 2. The van der Waals surface area contributed by atoms with Crippen LogP contribution in [0.5, 0.6) is 11.6 Å². The van der Waals surface area contributed by atoms with Gasteiger partial charge in [-0.2, -0.15) is 9.61 Å². The number of benzene rings is 1. The van der Waals surface area contributed by atoms with E-state index < -0.39 is 5.69 Å². The van der Waals surface area contributed by atoms with E-state index in [0.717, 1.165) is 12.8 Å². The maximum atomic E-state index is 11.5. The van der Waals surface area contributed by atoms with E-state index in [0.29, 0.717) is 38.6 Å². The Morgan fingerprint density at radius 3 is 2.94 bits per heavy atom. The van der Waals surface area contributed by atoms with Gasteiger partial charge in [-0.25, -0.2) is 9.78 Å². The van der Waals surface area contributed by atoms with Crippen LogP contribution in [0, 0.1) is 0 Å². The molecule has 31 heavy (non-hydrogen) atoms. The molecule has 0 unspecified atom stereocenters. The summed E-state index contributed by atoms with van der Waals surface area (Å²) in [7, 11) is 1.55. The average Bonchev–Trinajstić information content (AvgIpc) is 3.38. The molecule has 10 nitrogen and oxygen atoms in total. The average molecular weight is 440 g/mol. The van der Waals surface area contributed by atoms with Gasteiger partial charge in [-0.3, -0.25) is 9.98 Å². The van der Waals surface area contributed by atoms with Crippen molar-refractivity contribution in [3.05, 3.63) is 62.4 Å². The molecule has 5 rings (SSSR count). The minimum absolute atomic E-state index is 0.233. The van der Waals surface area contributed by atoms with E-state index in [4.69, 9.17) is 21.3 Å². The SMILES string of the molecule is COc1cccc(Nc2cc(=NC3CC3)n3nc/c(=C\c4[nH]c(=O)[nH]c4O)c3n2)c1Cl. The van der Waals surface area contributed by atoms with Crippen molar-refractivity contribution in [1.29, 1.82) is 0 Å². The van der Waals surface area contributed by atoms with Gasteiger partial charge in [0, 0.05) is 11.3 Å². The highest BCUT2D eigenvalue weighted by Crippen LogP contribution is 2.33. The molecule has 0 aliphatic heterocycles. The van der Waals surface area contributed by atoms with Crippen LogP contribution in [-0.2, 0) is 0 Å². The lowest BCUT2D eigenvalue weighted by molar-refractivity contribution is 0.415. The molecule has 1 aliphatic carbocycles. The van der Waals surface area contributed by atoms with Crippen molar-refractivity contribution in [2.24, 2.45) is 4.99 Å². The number of methoxy groups -OCH3 is 1. The molecule has 0 spiro atoms. The van der Waals surface area contributed by atoms with Crippen molar-refractivity contribution >= 4 is 34.8 Å². The first-order valence-corrected chi connectivity index (χ1v) is 9.95. The second kappa shape index (κ2) is 7.47. The molecular formula is C20H18ClN7O3. The van der Waals surface area contributed by atoms with E-state index in [9.17, 15) is 9.90 Å². The van der Waals surface area contributed by atoms with Crippen LogP contribution in [0.3, 0.4) is 0 Å². The van der Waals surface area contributed by atoms with Gasteiger partial charge in [-0.05, 0) is 31.1 Å². The predicted molar refractivity (Wildman–Crippen MR) is 115 cm³/mol. The maximum Gasteiger partial charge on any atom is 0.326 e. The van der Waals surface area contributed by atoms with Crippen molar-refractivity contribution in [3.63, 3.8) is 0 Å². The summed E-state index contributed by atoms with van der Waals surface area (Å²) in [5, 5.41) is 18.5. The summed E-state index contributed by atoms with van der Waals surface area (Å²) in [6, 6.07) is 7.48. The molecule has 4 N–H and O–H groups in total. The van der Waals surface area contributed by atoms with E-state index >= 15 is 0 Å². The number of hydrogen-bond donors (Lipinski definition) is 4. The molecule has 0 bridgehead atoms. The zero-order chi connectivity index (χ0) is 21.5. The highest BCUT2D eigenvalue weighted by Gasteiger charge is 2.20. The Morgan fingerprint density at radius 2 is 2.23 bits per heavy atom. The fraction of sp³-hybridized carbons (Fsp3) is 0.200. The Labute approximate surface area is 179 Å². The van der Waals surface area contributed by atoms with Crippen LogP contribution in [0.1, 0.15) is 18.5 Å². The van der Waals surface area contributed by atoms with E-state index in [-0.39, 0.29) is 17.6 Å². The van der Waals surface area contributed by atoms with E-state index in [1.807, 2.05) is 12.1 Å². The minimum Gasteiger partial charge on any atom is -0.495 e. The standard InChI is InChI=1S/C20H18ClN7O3/c1-31-14-4-2-3-12(17(14)21)24-15-8-16(23-11-5-6-11)28-18(26-15)10(9-22-28)7-13-19(29)27-20(30)25-13/h2-4,7-9,11,24,29H,5-6H2,1H3,(H2,25,27,30)/b10-7+,23-16?. The molecule has 11 heteroatoms. The van der Waals surface area contributed by atoms with Gasteiger partial charge in [-0.15, -0.1) is 0 Å². The van der Waals surface area contributed by atoms with Gasteiger partial charge in [0.1, 0.15) is 22.3 Å². The van der Waals surface area contributed by atoms with Crippen LogP contribution in [0.4, 0.5) is 11.5 Å². The molecular weight excluding hydrogens is 422 g/mol. The molecule has 1 aliphatic rings. The first kappa shape index (κ1) is 19.2. The number of aromatic amines is 2. The lowest BCUT2D eigenvalue weighted by atomic mass is 10.3. The lowest BCUT2D eigenvalue weighted by Gasteiger charge is -2.10. The molecule has 3 heterocycles. The number of imidazole rings is 1. The number of nitrogens with one attached hydrogen (secondary N) is 3. The molecule has 1 saturated carbocycles. The molecule has 4 aromatic rings. The number of aromatic nitrogens is 5. The third-order valence-electron chi connectivity index (χ3n) is 4.82. The molecule has 0 radical (unpaired) electrons. The van der Waals surface area contributed by atoms with Crippen molar-refractivity contribution in [2.75, 3.05) is 12.4 Å². The zero-order valence-electron chi connectivity index (χ0n) is 16.4. The smallest absolute Gasteiger partial charge is 0.326 e. The molecule has 0 amide bonds. The number of aromatic hydroxyl groups is 1. The monoisotopic (exact) mass is 439 g/mol. The highest BCUT2D eigenvalue weighted by molar-refractivity contribution is 6.34. The Bertz CT molecular complexity index is 1470. The van der Waals surface area contributed by atoms with Gasteiger partial charge in [-0.1, -0.05) is 17.7 Å². The predicted octanol–water partition coefficient (Wildman–Crippen LogP) is 1.47. The molecule has 0 saturated heterocycles. The van der Waals surface area contributed by atoms with Crippen LogP contribution in [-0.4, -0.2) is 42.8 Å².